The first-order valence-corrected chi connectivity index (χ1v) is 20.5. The van der Waals surface area contributed by atoms with E-state index in [1.165, 1.54) is 6.92 Å². The number of nitrogens with one attached hydrogen (secondary N) is 2. The molecule has 298 valence electrons. The molecule has 1 fully saturated rings. The van der Waals surface area contributed by atoms with E-state index >= 15 is 0 Å². The summed E-state index contributed by atoms with van der Waals surface area (Å²) in [4.78, 5) is 111. The largest absolute Gasteiger partial charge is 0.355 e. The molecule has 0 aromatic carbocycles. The van der Waals surface area contributed by atoms with Crippen molar-refractivity contribution >= 4 is 85.3 Å². The molecule has 59 heavy (non-hydrogen) atoms. The molecule has 5 aliphatic carbocycles. The van der Waals surface area contributed by atoms with Crippen LogP contribution in [0.5, 0.6) is 0 Å². The van der Waals surface area contributed by atoms with Crippen molar-refractivity contribution in [3.8, 4) is 0 Å². The molecule has 0 saturated heterocycles. The van der Waals surface area contributed by atoms with Crippen LogP contribution in [0.4, 0.5) is 0 Å². The van der Waals surface area contributed by atoms with Crippen molar-refractivity contribution in [1.29, 1.82) is 0 Å². The van der Waals surface area contributed by atoms with Crippen LogP contribution in [-0.2, 0) is 33.6 Å². The lowest BCUT2D eigenvalue weighted by molar-refractivity contribution is -0.141. The van der Waals surface area contributed by atoms with Crippen molar-refractivity contribution in [3.05, 3.63) is 94.1 Å². The van der Waals surface area contributed by atoms with Gasteiger partial charge in [0.25, 0.3) is 0 Å². The first-order chi connectivity index (χ1) is 28.2. The molecule has 1 saturated carbocycles. The molecule has 2 N–H and O–H groups in total. The molecule has 11 heteroatoms. The number of hydrogen-bond acceptors (Lipinski definition) is 9. The maximum absolute atomic E-state index is 13.7. The predicted molar refractivity (Wildman–Crippen MR) is 223 cm³/mol. The monoisotopic (exact) mass is 788 g/mol. The number of carbonyl (C=O) groups is 7. The minimum Gasteiger partial charge on any atom is -0.355 e. The van der Waals surface area contributed by atoms with Gasteiger partial charge in [-0.05, 0) is 102 Å². The van der Waals surface area contributed by atoms with Gasteiger partial charge in [-0.15, -0.1) is 0 Å². The first-order valence-electron chi connectivity index (χ1n) is 20.5. The summed E-state index contributed by atoms with van der Waals surface area (Å²) in [6, 6.07) is 9.06. The molecule has 0 spiro atoms. The first kappa shape index (κ1) is 38.3. The van der Waals surface area contributed by atoms with E-state index in [-0.39, 0.29) is 11.7 Å². The van der Waals surface area contributed by atoms with Gasteiger partial charge in [-0.1, -0.05) is 58.9 Å². The van der Waals surface area contributed by atoms with E-state index in [0.29, 0.717) is 97.5 Å². The van der Waals surface area contributed by atoms with Gasteiger partial charge in [0.05, 0.1) is 58.3 Å². The average molecular weight is 789 g/mol. The van der Waals surface area contributed by atoms with Crippen LogP contribution in [0.3, 0.4) is 0 Å². The number of aromatic nitrogens is 4. The Morgan fingerprint density at radius 1 is 0.729 bits per heavy atom. The zero-order chi connectivity index (χ0) is 41.8. The zero-order valence-electron chi connectivity index (χ0n) is 33.8. The molecular weight excluding hydrogens is 745 g/mol. The molecule has 5 heterocycles. The van der Waals surface area contributed by atoms with Crippen molar-refractivity contribution < 1.29 is 33.6 Å². The quantitative estimate of drug-likeness (QED) is 0.189. The van der Waals surface area contributed by atoms with Gasteiger partial charge in [-0.25, -0.2) is 9.97 Å². The number of ketones is 7. The van der Waals surface area contributed by atoms with Crippen molar-refractivity contribution in [2.45, 2.75) is 78.6 Å². The van der Waals surface area contributed by atoms with Gasteiger partial charge in [-0.3, -0.25) is 33.6 Å². The number of H-pyrrole nitrogens is 2. The highest BCUT2D eigenvalue weighted by atomic mass is 16.2. The molecule has 11 nitrogen and oxygen atoms in total. The van der Waals surface area contributed by atoms with Gasteiger partial charge in [0.15, 0.2) is 0 Å². The van der Waals surface area contributed by atoms with Crippen LogP contribution < -0.4 is 0 Å². The third kappa shape index (κ3) is 5.95. The fourth-order valence-corrected chi connectivity index (χ4v) is 9.95. The highest BCUT2D eigenvalue weighted by molar-refractivity contribution is 6.46. The summed E-state index contributed by atoms with van der Waals surface area (Å²) in [5, 5.41) is 0. The Hall–Kier alpha value is -6.23. The second-order valence-corrected chi connectivity index (χ2v) is 17.1. The highest BCUT2D eigenvalue weighted by Gasteiger charge is 2.50. The molecule has 0 radical (unpaired) electrons. The summed E-state index contributed by atoms with van der Waals surface area (Å²) in [5.41, 5.74) is 8.04. The summed E-state index contributed by atoms with van der Waals surface area (Å²) in [5.74, 6) is -7.71. The van der Waals surface area contributed by atoms with E-state index in [1.807, 2.05) is 51.1 Å². The number of aromatic amines is 2. The van der Waals surface area contributed by atoms with E-state index in [4.69, 9.17) is 9.97 Å². The van der Waals surface area contributed by atoms with Gasteiger partial charge in [-0.2, -0.15) is 0 Å². The van der Waals surface area contributed by atoms with Crippen LogP contribution in [0.15, 0.2) is 54.6 Å². The van der Waals surface area contributed by atoms with Crippen LogP contribution in [0, 0.1) is 29.6 Å². The van der Waals surface area contributed by atoms with Gasteiger partial charge < -0.3 is 9.97 Å². The second kappa shape index (κ2) is 14.0. The van der Waals surface area contributed by atoms with Gasteiger partial charge >= 0.3 is 0 Å². The second-order valence-electron chi connectivity index (χ2n) is 17.1. The third-order valence-electron chi connectivity index (χ3n) is 12.9. The lowest BCUT2D eigenvalue weighted by Crippen LogP contribution is -2.41. The van der Waals surface area contributed by atoms with Crippen LogP contribution in [0.1, 0.15) is 118 Å². The van der Waals surface area contributed by atoms with E-state index in [1.54, 1.807) is 44.2 Å². The molecule has 2 aliphatic heterocycles. The smallest absolute Gasteiger partial charge is 0.210 e. The van der Waals surface area contributed by atoms with Crippen molar-refractivity contribution in [2.24, 2.45) is 29.6 Å². The Balaban J connectivity index is 1.42. The number of nitrogens with zero attached hydrogens (tertiary/aromatic N) is 2. The van der Waals surface area contributed by atoms with E-state index < -0.39 is 76.1 Å². The molecule has 0 amide bonds. The van der Waals surface area contributed by atoms with Crippen LogP contribution in [-0.4, -0.2) is 60.4 Å². The molecular formula is C48H44N4O7. The maximum atomic E-state index is 13.7. The summed E-state index contributed by atoms with van der Waals surface area (Å²) in [6.07, 6.45) is 10.6. The van der Waals surface area contributed by atoms with Crippen molar-refractivity contribution in [1.82, 2.24) is 19.9 Å². The molecule has 10 rings (SSSR count). The molecule has 3 aromatic rings. The Labute approximate surface area is 340 Å². The maximum Gasteiger partial charge on any atom is 0.210 e. The Morgan fingerprint density at radius 3 is 2.05 bits per heavy atom. The van der Waals surface area contributed by atoms with Crippen LogP contribution in [0.2, 0.25) is 0 Å². The normalized spacial score (nSPS) is 25.6. The zero-order valence-corrected chi connectivity index (χ0v) is 33.8. The molecule has 3 aromatic heterocycles. The topological polar surface area (TPSA) is 177 Å². The van der Waals surface area contributed by atoms with E-state index in [9.17, 15) is 33.6 Å². The Bertz CT molecular complexity index is 2810. The molecule has 10 bridgehead atoms. The number of fused-ring (bicyclic) bond motifs is 13. The number of hydrogen-bond donors (Lipinski definition) is 2. The lowest BCUT2D eigenvalue weighted by Gasteiger charge is -2.34. The average Bonchev–Trinajstić information content (AvgIpc) is 3.96. The number of allylic oxidation sites excluding steroid dienone is 7. The Kier molecular flexibility index (Phi) is 9.06. The number of rotatable bonds is 6. The summed E-state index contributed by atoms with van der Waals surface area (Å²) in [7, 11) is 0. The summed E-state index contributed by atoms with van der Waals surface area (Å²) < 4.78 is 0. The number of Topliss-reactive ketones (excluding diaryl/α,β-unsaturated/α-hetero) is 7. The van der Waals surface area contributed by atoms with Crippen LogP contribution in [0.25, 0.3) is 44.9 Å². The van der Waals surface area contributed by atoms with E-state index in [2.05, 4.69) is 9.97 Å². The number of carbonyl (C=O) groups excluding carboxylic acids is 7. The van der Waals surface area contributed by atoms with E-state index in [0.717, 1.165) is 0 Å². The summed E-state index contributed by atoms with van der Waals surface area (Å²) >= 11 is 0. The standard InChI is InChI=1S/C48H44N4O7/c1-7-26-40-35-16-24-14-31(27(23(6)53)10-8-20(2)3)33(49-24)18-34-32(28-11-9-21(4)43(54)46(28)57)15-25(50-34)17-36-41-29-12-13-30(48(59)47(29)58)42(41)38(52-36)19-37(51-35)39(40)22(5)44(55)45(26)56/h8-11,14-22,26-30,50-51H,7,12-13H2,1-6H3/b10-8-,24-16?,25-17?,33-18?,34-18?,35-16?,36-17?,37-19?,38-19?. The van der Waals surface area contributed by atoms with Gasteiger partial charge in [0, 0.05) is 28.0 Å². The molecule has 7 aliphatic rings. The molecule has 7 atom stereocenters. The minimum absolute atomic E-state index is 0.102. The van der Waals surface area contributed by atoms with Crippen molar-refractivity contribution in [2.75, 3.05) is 0 Å². The SMILES string of the molecule is CCC1C(=O)C(=O)C(C)c2c1c1cc3nc(cc4[nH]c(cc5nc(cc2[nH]1)C1=C5C2CCC1C(=O)C2=O)cc4C1C=CC(C)C(=O)C1=O)C(C(/C=C\C(C)C)C(C)=O)=C3. The fourth-order valence-electron chi connectivity index (χ4n) is 9.95. The fraction of sp³-hybridized carbons (Fsp3) is 0.354. The highest BCUT2D eigenvalue weighted by Crippen LogP contribution is 2.52. The van der Waals surface area contributed by atoms with Gasteiger partial charge in [0.2, 0.25) is 34.7 Å². The van der Waals surface area contributed by atoms with Gasteiger partial charge in [0.1, 0.15) is 5.78 Å². The Morgan fingerprint density at radius 2 is 1.39 bits per heavy atom. The lowest BCUT2D eigenvalue weighted by atomic mass is 9.65. The predicted octanol–water partition coefficient (Wildman–Crippen LogP) is 7.54. The minimum atomic E-state index is -0.892. The van der Waals surface area contributed by atoms with Crippen LogP contribution >= 0.6 is 0 Å². The molecule has 7 unspecified atom stereocenters. The summed E-state index contributed by atoms with van der Waals surface area (Å²) in [6.45, 7) is 10.9. The third-order valence-corrected chi connectivity index (χ3v) is 12.9. The van der Waals surface area contributed by atoms with Crippen molar-refractivity contribution in [3.63, 3.8) is 0 Å².